The van der Waals surface area contributed by atoms with Crippen molar-refractivity contribution < 1.29 is 28.6 Å². The molecule has 2 N–H and O–H groups in total. The molecule has 0 saturated carbocycles. The monoisotopic (exact) mass is 297 g/mol. The number of carboxylic acids is 1. The molecule has 1 fully saturated rings. The molecule has 0 unspecified atom stereocenters. The van der Waals surface area contributed by atoms with Gasteiger partial charge in [0.15, 0.2) is 6.10 Å². The van der Waals surface area contributed by atoms with Crippen molar-refractivity contribution >= 4 is 11.9 Å². The first kappa shape index (κ1) is 15.4. The molecule has 2 atom stereocenters. The van der Waals surface area contributed by atoms with Gasteiger partial charge < -0.3 is 19.9 Å². The van der Waals surface area contributed by atoms with Gasteiger partial charge in [0.05, 0.1) is 32.3 Å². The van der Waals surface area contributed by atoms with E-state index in [1.54, 1.807) is 0 Å². The third-order valence-electron chi connectivity index (χ3n) is 3.08. The summed E-state index contributed by atoms with van der Waals surface area (Å²) < 4.78 is 23.3. The van der Waals surface area contributed by atoms with Crippen LogP contribution in [0.2, 0.25) is 0 Å². The van der Waals surface area contributed by atoms with Gasteiger partial charge in [-0.25, -0.2) is 4.39 Å². The Morgan fingerprint density at radius 1 is 1.33 bits per heavy atom. The van der Waals surface area contributed by atoms with Gasteiger partial charge in [0.1, 0.15) is 5.82 Å². The van der Waals surface area contributed by atoms with E-state index in [-0.39, 0.29) is 13.0 Å². The Kier molecular flexibility index (Phi) is 5.24. The number of hydrogen-bond acceptors (Lipinski definition) is 4. The molecule has 1 aromatic rings. The average molecular weight is 297 g/mol. The second kappa shape index (κ2) is 7.14. The van der Waals surface area contributed by atoms with Crippen LogP contribution >= 0.6 is 0 Å². The van der Waals surface area contributed by atoms with E-state index in [0.717, 1.165) is 0 Å². The Balaban J connectivity index is 2.06. The first-order valence-corrected chi connectivity index (χ1v) is 6.53. The van der Waals surface area contributed by atoms with Crippen LogP contribution in [0.25, 0.3) is 0 Å². The van der Waals surface area contributed by atoms with E-state index in [2.05, 4.69) is 5.32 Å². The topological polar surface area (TPSA) is 84.9 Å². The van der Waals surface area contributed by atoms with Gasteiger partial charge in [-0.2, -0.15) is 0 Å². The van der Waals surface area contributed by atoms with Crippen LogP contribution in [0.3, 0.4) is 0 Å². The zero-order chi connectivity index (χ0) is 15.2. The van der Waals surface area contributed by atoms with Crippen molar-refractivity contribution in [2.24, 2.45) is 0 Å². The van der Waals surface area contributed by atoms with Gasteiger partial charge in [0.25, 0.3) is 5.91 Å². The highest BCUT2D eigenvalue weighted by atomic mass is 19.1. The number of carbonyl (C=O) groups excluding carboxylic acids is 1. The van der Waals surface area contributed by atoms with E-state index in [4.69, 9.17) is 14.6 Å². The summed E-state index contributed by atoms with van der Waals surface area (Å²) in [5, 5.41) is 11.5. The van der Waals surface area contributed by atoms with E-state index in [1.165, 1.54) is 24.3 Å². The van der Waals surface area contributed by atoms with Crippen LogP contribution in [0.4, 0.5) is 4.39 Å². The van der Waals surface area contributed by atoms with Crippen molar-refractivity contribution in [2.45, 2.75) is 18.6 Å². The summed E-state index contributed by atoms with van der Waals surface area (Å²) in [4.78, 5) is 23.0. The number of aliphatic carboxylic acids is 1. The minimum absolute atomic E-state index is 0.134. The average Bonchev–Trinajstić information content (AvgIpc) is 2.48. The molecule has 0 aliphatic carbocycles. The highest BCUT2D eigenvalue weighted by molar-refractivity contribution is 5.82. The fourth-order valence-corrected chi connectivity index (χ4v) is 2.03. The summed E-state index contributed by atoms with van der Waals surface area (Å²) in [5.41, 5.74) is 0.517. The molecule has 6 nitrogen and oxygen atoms in total. The Morgan fingerprint density at radius 2 is 2.05 bits per heavy atom. The van der Waals surface area contributed by atoms with Crippen molar-refractivity contribution in [3.8, 4) is 0 Å². The van der Waals surface area contributed by atoms with E-state index in [9.17, 15) is 14.0 Å². The lowest BCUT2D eigenvalue weighted by Crippen LogP contribution is -2.44. The first-order valence-electron chi connectivity index (χ1n) is 6.53. The van der Waals surface area contributed by atoms with Gasteiger partial charge in [-0.1, -0.05) is 12.1 Å². The Hall–Kier alpha value is -1.99. The summed E-state index contributed by atoms with van der Waals surface area (Å²) >= 11 is 0. The first-order chi connectivity index (χ1) is 10.1. The van der Waals surface area contributed by atoms with Crippen molar-refractivity contribution in [1.82, 2.24) is 5.32 Å². The highest BCUT2D eigenvalue weighted by Crippen LogP contribution is 2.18. The number of rotatable bonds is 5. The molecule has 1 aliphatic heterocycles. The Bertz CT molecular complexity index is 499. The summed E-state index contributed by atoms with van der Waals surface area (Å²) in [6, 6.07) is 4.58. The number of ether oxygens (including phenoxy) is 2. The molecule has 0 bridgehead atoms. The van der Waals surface area contributed by atoms with Gasteiger partial charge in [-0.05, 0) is 17.7 Å². The van der Waals surface area contributed by atoms with Gasteiger partial charge >= 0.3 is 5.97 Å². The molecule has 114 valence electrons. The maximum Gasteiger partial charge on any atom is 0.305 e. The zero-order valence-corrected chi connectivity index (χ0v) is 11.3. The van der Waals surface area contributed by atoms with E-state index in [1.807, 2.05) is 0 Å². The lowest BCUT2D eigenvalue weighted by Gasteiger charge is -2.25. The smallest absolute Gasteiger partial charge is 0.305 e. The van der Waals surface area contributed by atoms with Crippen LogP contribution in [0.1, 0.15) is 18.0 Å². The second-order valence-corrected chi connectivity index (χ2v) is 4.64. The Morgan fingerprint density at radius 3 is 2.62 bits per heavy atom. The molecule has 1 amide bonds. The number of benzene rings is 1. The van der Waals surface area contributed by atoms with Crippen LogP contribution in [0.15, 0.2) is 24.3 Å². The third-order valence-corrected chi connectivity index (χ3v) is 3.08. The lowest BCUT2D eigenvalue weighted by atomic mass is 10.0. The number of amides is 1. The van der Waals surface area contributed by atoms with Crippen LogP contribution in [0.5, 0.6) is 0 Å². The maximum absolute atomic E-state index is 12.9. The summed E-state index contributed by atoms with van der Waals surface area (Å²) in [6.45, 7) is 0.883. The number of hydrogen-bond donors (Lipinski definition) is 2. The highest BCUT2D eigenvalue weighted by Gasteiger charge is 2.26. The van der Waals surface area contributed by atoms with Crippen LogP contribution in [-0.2, 0) is 19.1 Å². The standard InChI is InChI=1S/C14H16FNO5/c15-10-3-1-9(2-4-10)11(7-13(17)18)16-14(19)12-8-20-5-6-21-12/h1-4,11-12H,5-8H2,(H,16,19)(H,17,18)/t11-,12+/m0/s1. The van der Waals surface area contributed by atoms with Crippen molar-refractivity contribution in [3.05, 3.63) is 35.6 Å². The molecule has 1 saturated heterocycles. The quantitative estimate of drug-likeness (QED) is 0.842. The minimum Gasteiger partial charge on any atom is -0.481 e. The lowest BCUT2D eigenvalue weighted by molar-refractivity contribution is -0.148. The molecule has 21 heavy (non-hydrogen) atoms. The molecule has 1 heterocycles. The van der Waals surface area contributed by atoms with Gasteiger partial charge in [-0.15, -0.1) is 0 Å². The van der Waals surface area contributed by atoms with E-state index < -0.39 is 29.8 Å². The number of carbonyl (C=O) groups is 2. The predicted octanol–water partition coefficient (Wildman–Crippen LogP) is 0.873. The summed E-state index contributed by atoms with van der Waals surface area (Å²) in [5.74, 6) is -1.93. The normalized spacial score (nSPS) is 19.8. The number of carboxylic acid groups (broad SMARTS) is 1. The number of nitrogens with one attached hydrogen (secondary N) is 1. The Labute approximate surface area is 120 Å². The molecule has 0 aromatic heterocycles. The van der Waals surface area contributed by atoms with Crippen LogP contribution in [0, 0.1) is 5.82 Å². The minimum atomic E-state index is -1.06. The second-order valence-electron chi connectivity index (χ2n) is 4.64. The zero-order valence-electron chi connectivity index (χ0n) is 11.3. The molecule has 7 heteroatoms. The van der Waals surface area contributed by atoms with Gasteiger partial charge in [0, 0.05) is 0 Å². The predicted molar refractivity (Wildman–Crippen MR) is 70.1 cm³/mol. The summed E-state index contributed by atoms with van der Waals surface area (Å²) in [7, 11) is 0. The molecular formula is C14H16FNO5. The fraction of sp³-hybridized carbons (Fsp3) is 0.429. The van der Waals surface area contributed by atoms with E-state index >= 15 is 0 Å². The van der Waals surface area contributed by atoms with Crippen molar-refractivity contribution in [2.75, 3.05) is 19.8 Å². The van der Waals surface area contributed by atoms with Gasteiger partial charge in [0.2, 0.25) is 0 Å². The number of halogens is 1. The molecule has 1 aliphatic rings. The SMILES string of the molecule is O=C(O)C[C@H](NC(=O)[C@H]1COCCO1)c1ccc(F)cc1. The molecule has 1 aromatic carbocycles. The molecule has 0 radical (unpaired) electrons. The van der Waals surface area contributed by atoms with Crippen LogP contribution in [-0.4, -0.2) is 42.9 Å². The fourth-order valence-electron chi connectivity index (χ4n) is 2.03. The molecule has 0 spiro atoms. The summed E-state index contributed by atoms with van der Waals surface area (Å²) in [6.07, 6.45) is -1.05. The van der Waals surface area contributed by atoms with Crippen molar-refractivity contribution in [3.63, 3.8) is 0 Å². The molecule has 2 rings (SSSR count). The molecular weight excluding hydrogens is 281 g/mol. The van der Waals surface area contributed by atoms with Crippen molar-refractivity contribution in [1.29, 1.82) is 0 Å². The maximum atomic E-state index is 12.9. The van der Waals surface area contributed by atoms with Crippen LogP contribution < -0.4 is 5.32 Å². The third kappa shape index (κ3) is 4.51. The van der Waals surface area contributed by atoms with E-state index in [0.29, 0.717) is 18.8 Å². The largest absolute Gasteiger partial charge is 0.481 e. The van der Waals surface area contributed by atoms with Gasteiger partial charge in [-0.3, -0.25) is 9.59 Å².